The molecule has 6 heteroatoms. The second-order valence-corrected chi connectivity index (χ2v) is 5.86. The fourth-order valence-electron chi connectivity index (χ4n) is 2.33. The summed E-state index contributed by atoms with van der Waals surface area (Å²) >= 11 is 11.0. The van der Waals surface area contributed by atoms with E-state index in [9.17, 15) is 4.79 Å². The van der Waals surface area contributed by atoms with Crippen molar-refractivity contribution in [3.8, 4) is 0 Å². The Morgan fingerprint density at radius 1 is 1.40 bits per heavy atom. The number of nitrogens with one attached hydrogen (secondary N) is 1. The molecule has 1 aliphatic rings. The number of nitrogens with two attached hydrogens (primary N) is 1. The molecule has 1 fully saturated rings. The lowest BCUT2D eigenvalue weighted by atomic mass is 9.97. The molecule has 0 saturated carbocycles. The van der Waals surface area contributed by atoms with Crippen LogP contribution in [0, 0.1) is 5.92 Å². The minimum Gasteiger partial charge on any atom is -0.393 e. The molecule has 1 aliphatic heterocycles. The summed E-state index contributed by atoms with van der Waals surface area (Å²) < 4.78 is 0. The van der Waals surface area contributed by atoms with Gasteiger partial charge in [0, 0.05) is 5.92 Å². The Morgan fingerprint density at radius 2 is 2.05 bits per heavy atom. The van der Waals surface area contributed by atoms with Crippen LogP contribution in [0.15, 0.2) is 24.3 Å². The number of thiocarbonyl (C=S) groups is 1. The van der Waals surface area contributed by atoms with Gasteiger partial charge in [-0.25, -0.2) is 0 Å². The number of rotatable bonds is 4. The van der Waals surface area contributed by atoms with Crippen LogP contribution < -0.4 is 11.1 Å². The van der Waals surface area contributed by atoms with Gasteiger partial charge in [-0.05, 0) is 38.1 Å². The molecular formula is C14H18ClN3OS. The van der Waals surface area contributed by atoms with Crippen molar-refractivity contribution in [1.29, 1.82) is 0 Å². The van der Waals surface area contributed by atoms with Gasteiger partial charge in [0.25, 0.3) is 0 Å². The van der Waals surface area contributed by atoms with Crippen LogP contribution in [0.25, 0.3) is 0 Å². The van der Waals surface area contributed by atoms with Crippen LogP contribution in [0.4, 0.5) is 5.69 Å². The number of carbonyl (C=O) groups excluding carboxylic acids is 1. The predicted octanol–water partition coefficient (Wildman–Crippen LogP) is 2.28. The number of para-hydroxylation sites is 1. The van der Waals surface area contributed by atoms with E-state index in [0.717, 1.165) is 25.9 Å². The van der Waals surface area contributed by atoms with Gasteiger partial charge in [0.05, 0.1) is 22.2 Å². The third-order valence-corrected chi connectivity index (χ3v) is 4.17. The van der Waals surface area contributed by atoms with E-state index in [1.165, 1.54) is 0 Å². The van der Waals surface area contributed by atoms with Gasteiger partial charge in [-0.1, -0.05) is 36.0 Å². The highest BCUT2D eigenvalue weighted by atomic mass is 35.5. The van der Waals surface area contributed by atoms with Crippen molar-refractivity contribution in [1.82, 2.24) is 4.90 Å². The number of piperidine rings is 1. The van der Waals surface area contributed by atoms with Crippen molar-refractivity contribution >= 4 is 40.4 Å². The fraction of sp³-hybridized carbons (Fsp3) is 0.429. The van der Waals surface area contributed by atoms with Gasteiger partial charge in [0.2, 0.25) is 5.91 Å². The number of anilines is 1. The van der Waals surface area contributed by atoms with Crippen LogP contribution in [-0.2, 0) is 4.79 Å². The number of hydrogen-bond donors (Lipinski definition) is 2. The van der Waals surface area contributed by atoms with E-state index < -0.39 is 0 Å². The molecule has 0 radical (unpaired) electrons. The highest BCUT2D eigenvalue weighted by Crippen LogP contribution is 2.21. The van der Waals surface area contributed by atoms with Gasteiger partial charge in [-0.15, -0.1) is 0 Å². The van der Waals surface area contributed by atoms with Crippen LogP contribution in [0.3, 0.4) is 0 Å². The molecule has 0 aromatic heterocycles. The Balaban J connectivity index is 1.81. The monoisotopic (exact) mass is 311 g/mol. The van der Waals surface area contributed by atoms with Gasteiger partial charge in [-0.3, -0.25) is 9.69 Å². The Morgan fingerprint density at radius 3 is 2.65 bits per heavy atom. The molecular weight excluding hydrogens is 294 g/mol. The van der Waals surface area contributed by atoms with Crippen LogP contribution >= 0.6 is 23.8 Å². The number of benzene rings is 1. The number of carbonyl (C=O) groups is 1. The smallest absolute Gasteiger partial charge is 0.238 e. The van der Waals surface area contributed by atoms with Crippen LogP contribution in [-0.4, -0.2) is 35.4 Å². The average Bonchev–Trinajstić information content (AvgIpc) is 2.42. The maximum absolute atomic E-state index is 12.0. The summed E-state index contributed by atoms with van der Waals surface area (Å²) in [5.41, 5.74) is 6.30. The lowest BCUT2D eigenvalue weighted by Crippen LogP contribution is -2.41. The number of hydrogen-bond acceptors (Lipinski definition) is 3. The maximum Gasteiger partial charge on any atom is 0.238 e. The van der Waals surface area contributed by atoms with Crippen molar-refractivity contribution < 1.29 is 4.79 Å². The van der Waals surface area contributed by atoms with E-state index in [4.69, 9.17) is 29.6 Å². The van der Waals surface area contributed by atoms with Crippen molar-refractivity contribution in [3.05, 3.63) is 29.3 Å². The van der Waals surface area contributed by atoms with Crippen LogP contribution in [0.1, 0.15) is 12.8 Å². The topological polar surface area (TPSA) is 58.4 Å². The summed E-state index contributed by atoms with van der Waals surface area (Å²) in [5.74, 6) is 0.264. The summed E-state index contributed by atoms with van der Waals surface area (Å²) in [6, 6.07) is 7.22. The molecule has 1 heterocycles. The standard InChI is InChI=1S/C14H18ClN3OS/c15-11-3-1-2-4-12(11)17-13(19)9-18-7-5-10(6-8-18)14(16)20/h1-4,10H,5-9H2,(H2,16,20)(H,17,19). The molecule has 1 aromatic rings. The van der Waals surface area contributed by atoms with Crippen molar-refractivity contribution in [2.45, 2.75) is 12.8 Å². The molecule has 0 spiro atoms. The summed E-state index contributed by atoms with van der Waals surface area (Å²) in [6.07, 6.45) is 1.85. The van der Waals surface area contributed by atoms with Crippen molar-refractivity contribution in [3.63, 3.8) is 0 Å². The van der Waals surface area contributed by atoms with Gasteiger partial charge < -0.3 is 11.1 Å². The first kappa shape index (κ1) is 15.2. The van der Waals surface area contributed by atoms with Gasteiger partial charge in [-0.2, -0.15) is 0 Å². The first-order valence-corrected chi connectivity index (χ1v) is 7.41. The molecule has 4 nitrogen and oxygen atoms in total. The Kier molecular flexibility index (Phi) is 5.34. The molecule has 20 heavy (non-hydrogen) atoms. The molecule has 0 aliphatic carbocycles. The first-order valence-electron chi connectivity index (χ1n) is 6.62. The summed E-state index contributed by atoms with van der Waals surface area (Å²) in [6.45, 7) is 2.06. The van der Waals surface area contributed by atoms with E-state index in [1.54, 1.807) is 12.1 Å². The molecule has 1 saturated heterocycles. The van der Waals surface area contributed by atoms with Gasteiger partial charge in [0.1, 0.15) is 0 Å². The third-order valence-electron chi connectivity index (χ3n) is 3.51. The number of amides is 1. The number of nitrogens with zero attached hydrogens (tertiary/aromatic N) is 1. The quantitative estimate of drug-likeness (QED) is 0.838. The van der Waals surface area contributed by atoms with E-state index in [1.807, 2.05) is 12.1 Å². The predicted molar refractivity (Wildman–Crippen MR) is 86.0 cm³/mol. The molecule has 108 valence electrons. The lowest BCUT2D eigenvalue weighted by molar-refractivity contribution is -0.117. The Bertz CT molecular complexity index is 501. The van der Waals surface area contributed by atoms with E-state index in [-0.39, 0.29) is 5.91 Å². The van der Waals surface area contributed by atoms with E-state index in [0.29, 0.717) is 28.2 Å². The van der Waals surface area contributed by atoms with Gasteiger partial charge >= 0.3 is 0 Å². The number of likely N-dealkylation sites (tertiary alicyclic amines) is 1. The third kappa shape index (κ3) is 4.16. The SMILES string of the molecule is NC(=S)C1CCN(CC(=O)Nc2ccccc2Cl)CC1. The molecule has 0 atom stereocenters. The van der Waals surface area contributed by atoms with Crippen LogP contribution in [0.2, 0.25) is 5.02 Å². The summed E-state index contributed by atoms with van der Waals surface area (Å²) in [5, 5.41) is 3.38. The minimum absolute atomic E-state index is 0.0492. The zero-order valence-electron chi connectivity index (χ0n) is 11.1. The Labute approximate surface area is 129 Å². The first-order chi connectivity index (χ1) is 9.56. The largest absolute Gasteiger partial charge is 0.393 e. The normalized spacial score (nSPS) is 16.9. The highest BCUT2D eigenvalue weighted by Gasteiger charge is 2.22. The van der Waals surface area contributed by atoms with E-state index >= 15 is 0 Å². The molecule has 1 aromatic carbocycles. The van der Waals surface area contributed by atoms with Gasteiger partial charge in [0.15, 0.2) is 0 Å². The summed E-state index contributed by atoms with van der Waals surface area (Å²) in [4.78, 5) is 14.7. The number of halogens is 1. The fourth-order valence-corrected chi connectivity index (χ4v) is 2.75. The molecule has 0 bridgehead atoms. The second kappa shape index (κ2) is 7.02. The average molecular weight is 312 g/mol. The minimum atomic E-state index is -0.0492. The lowest BCUT2D eigenvalue weighted by Gasteiger charge is -2.30. The molecule has 0 unspecified atom stereocenters. The molecule has 3 N–H and O–H groups in total. The Hall–Kier alpha value is -1.17. The van der Waals surface area contributed by atoms with E-state index in [2.05, 4.69) is 10.2 Å². The molecule has 1 amide bonds. The van der Waals surface area contributed by atoms with Crippen molar-refractivity contribution in [2.75, 3.05) is 25.0 Å². The molecule has 2 rings (SSSR count). The highest BCUT2D eigenvalue weighted by molar-refractivity contribution is 7.80. The maximum atomic E-state index is 12.0. The second-order valence-electron chi connectivity index (χ2n) is 4.98. The zero-order valence-corrected chi connectivity index (χ0v) is 12.7. The van der Waals surface area contributed by atoms with Crippen molar-refractivity contribution in [2.24, 2.45) is 11.7 Å². The van der Waals surface area contributed by atoms with Crippen LogP contribution in [0.5, 0.6) is 0 Å². The summed E-state index contributed by atoms with van der Waals surface area (Å²) in [7, 11) is 0. The zero-order chi connectivity index (χ0) is 14.5.